The molecule has 0 unspecified atom stereocenters. The van der Waals surface area contributed by atoms with E-state index in [1.165, 1.54) is 6.42 Å². The highest BCUT2D eigenvalue weighted by atomic mass is 35.5. The van der Waals surface area contributed by atoms with Crippen molar-refractivity contribution < 1.29 is 4.79 Å². The maximum absolute atomic E-state index is 12.4. The monoisotopic (exact) mass is 280 g/mol. The highest BCUT2D eigenvalue weighted by Crippen LogP contribution is 2.35. The molecule has 1 fully saturated rings. The molecule has 0 aromatic heterocycles. The van der Waals surface area contributed by atoms with Gasteiger partial charge in [-0.15, -0.1) is 0 Å². The van der Waals surface area contributed by atoms with Gasteiger partial charge in [0.15, 0.2) is 0 Å². The third-order valence-corrected chi connectivity index (χ3v) is 4.45. The van der Waals surface area contributed by atoms with Gasteiger partial charge in [0.2, 0.25) is 5.91 Å². The largest absolute Gasteiger partial charge is 0.351 e. The number of hydrogen-bond acceptors (Lipinski definition) is 2. The van der Waals surface area contributed by atoms with Crippen LogP contribution in [0.3, 0.4) is 0 Å². The van der Waals surface area contributed by atoms with E-state index in [1.54, 1.807) is 0 Å². The highest BCUT2D eigenvalue weighted by Gasteiger charge is 2.37. The maximum Gasteiger partial charge on any atom is 0.227 e. The summed E-state index contributed by atoms with van der Waals surface area (Å²) >= 11 is 6.09. The first kappa shape index (κ1) is 14.4. The fraction of sp³-hybridized carbons (Fsp3) is 0.533. The van der Waals surface area contributed by atoms with Crippen LogP contribution in [0.5, 0.6) is 0 Å². The number of hydrogen-bond donors (Lipinski definition) is 2. The first-order chi connectivity index (χ1) is 9.18. The van der Waals surface area contributed by atoms with Crippen molar-refractivity contribution in [2.24, 2.45) is 11.1 Å². The standard InChI is InChI=1S/C15H21ClN2O/c16-13-7-3-2-6-12(13)10-18-14(19)15(11-17)8-4-1-5-9-15/h2-3,6-7H,1,4-5,8-11,17H2,(H,18,19). The van der Waals surface area contributed by atoms with Crippen molar-refractivity contribution >= 4 is 17.5 Å². The van der Waals surface area contributed by atoms with E-state index in [9.17, 15) is 4.79 Å². The Morgan fingerprint density at radius 3 is 2.58 bits per heavy atom. The number of nitrogens with one attached hydrogen (secondary N) is 1. The predicted octanol–water partition coefficient (Wildman–Crippen LogP) is 2.87. The van der Waals surface area contributed by atoms with Crippen molar-refractivity contribution in [1.29, 1.82) is 0 Å². The van der Waals surface area contributed by atoms with Gasteiger partial charge in [0, 0.05) is 18.1 Å². The van der Waals surface area contributed by atoms with Crippen molar-refractivity contribution in [3.63, 3.8) is 0 Å². The summed E-state index contributed by atoms with van der Waals surface area (Å²) < 4.78 is 0. The van der Waals surface area contributed by atoms with Gasteiger partial charge in [0.05, 0.1) is 5.41 Å². The smallest absolute Gasteiger partial charge is 0.227 e. The average Bonchev–Trinajstić information content (AvgIpc) is 2.46. The van der Waals surface area contributed by atoms with Crippen LogP contribution < -0.4 is 11.1 Å². The summed E-state index contributed by atoms with van der Waals surface area (Å²) in [6, 6.07) is 7.57. The Morgan fingerprint density at radius 1 is 1.26 bits per heavy atom. The Labute approximate surface area is 119 Å². The Hall–Kier alpha value is -1.06. The summed E-state index contributed by atoms with van der Waals surface area (Å²) in [5.74, 6) is 0.0784. The van der Waals surface area contributed by atoms with Crippen molar-refractivity contribution in [3.8, 4) is 0 Å². The van der Waals surface area contributed by atoms with Gasteiger partial charge in [0.1, 0.15) is 0 Å². The molecule has 1 aromatic rings. The normalized spacial score (nSPS) is 18.0. The molecule has 1 aliphatic carbocycles. The lowest BCUT2D eigenvalue weighted by Gasteiger charge is -2.34. The van der Waals surface area contributed by atoms with E-state index in [2.05, 4.69) is 5.32 Å². The third kappa shape index (κ3) is 3.28. The van der Waals surface area contributed by atoms with Gasteiger partial charge in [-0.05, 0) is 24.5 Å². The molecular formula is C15H21ClN2O. The molecule has 0 heterocycles. The van der Waals surface area contributed by atoms with Gasteiger partial charge in [-0.2, -0.15) is 0 Å². The minimum Gasteiger partial charge on any atom is -0.351 e. The minimum absolute atomic E-state index is 0.0784. The summed E-state index contributed by atoms with van der Waals surface area (Å²) in [5, 5.41) is 3.69. The molecule has 0 atom stereocenters. The van der Waals surface area contributed by atoms with Crippen LogP contribution in [0.4, 0.5) is 0 Å². The number of carbonyl (C=O) groups excluding carboxylic acids is 1. The van der Waals surface area contributed by atoms with Crippen molar-refractivity contribution in [2.75, 3.05) is 6.54 Å². The highest BCUT2D eigenvalue weighted by molar-refractivity contribution is 6.31. The van der Waals surface area contributed by atoms with Crippen LogP contribution in [0.1, 0.15) is 37.7 Å². The zero-order valence-electron chi connectivity index (χ0n) is 11.1. The van der Waals surface area contributed by atoms with Crippen LogP contribution in [0.15, 0.2) is 24.3 Å². The summed E-state index contributed by atoms with van der Waals surface area (Å²) in [7, 11) is 0. The molecule has 0 aliphatic heterocycles. The Balaban J connectivity index is 1.98. The first-order valence-corrected chi connectivity index (χ1v) is 7.27. The van der Waals surface area contributed by atoms with E-state index < -0.39 is 0 Å². The van der Waals surface area contributed by atoms with E-state index >= 15 is 0 Å². The molecule has 1 saturated carbocycles. The molecule has 0 spiro atoms. The predicted molar refractivity (Wildman–Crippen MR) is 77.9 cm³/mol. The van der Waals surface area contributed by atoms with E-state index in [-0.39, 0.29) is 11.3 Å². The van der Waals surface area contributed by atoms with Gasteiger partial charge >= 0.3 is 0 Å². The minimum atomic E-state index is -0.362. The molecule has 0 saturated heterocycles. The van der Waals surface area contributed by atoms with E-state index in [0.717, 1.165) is 31.2 Å². The van der Waals surface area contributed by atoms with E-state index in [0.29, 0.717) is 18.1 Å². The maximum atomic E-state index is 12.4. The number of benzene rings is 1. The molecule has 1 amide bonds. The first-order valence-electron chi connectivity index (χ1n) is 6.90. The Bertz CT molecular complexity index is 442. The average molecular weight is 281 g/mol. The second-order valence-corrected chi connectivity index (χ2v) is 5.73. The molecule has 3 N–H and O–H groups in total. The molecule has 0 bridgehead atoms. The number of nitrogens with two attached hydrogens (primary N) is 1. The quantitative estimate of drug-likeness (QED) is 0.891. The SMILES string of the molecule is NCC1(C(=O)NCc2ccccc2Cl)CCCCC1. The Morgan fingerprint density at radius 2 is 1.95 bits per heavy atom. The van der Waals surface area contributed by atoms with Gasteiger partial charge < -0.3 is 11.1 Å². The van der Waals surface area contributed by atoms with Gasteiger partial charge in [-0.1, -0.05) is 49.1 Å². The lowest BCUT2D eigenvalue weighted by atomic mass is 9.73. The topological polar surface area (TPSA) is 55.1 Å². The van der Waals surface area contributed by atoms with Crippen molar-refractivity contribution in [3.05, 3.63) is 34.9 Å². The number of amides is 1. The second kappa shape index (κ2) is 6.40. The molecule has 1 aliphatic rings. The van der Waals surface area contributed by atoms with Crippen LogP contribution >= 0.6 is 11.6 Å². The van der Waals surface area contributed by atoms with Crippen molar-refractivity contribution in [1.82, 2.24) is 5.32 Å². The van der Waals surface area contributed by atoms with Gasteiger partial charge in [0.25, 0.3) is 0 Å². The molecular weight excluding hydrogens is 260 g/mol. The fourth-order valence-corrected chi connectivity index (χ4v) is 2.96. The molecule has 19 heavy (non-hydrogen) atoms. The fourth-order valence-electron chi connectivity index (χ4n) is 2.76. The van der Waals surface area contributed by atoms with Crippen LogP contribution in [0.2, 0.25) is 5.02 Å². The lowest BCUT2D eigenvalue weighted by molar-refractivity contribution is -0.132. The lowest BCUT2D eigenvalue weighted by Crippen LogP contribution is -2.46. The molecule has 2 rings (SSSR count). The van der Waals surface area contributed by atoms with Gasteiger partial charge in [-0.25, -0.2) is 0 Å². The number of halogens is 1. The molecule has 0 radical (unpaired) electrons. The number of carbonyl (C=O) groups is 1. The number of rotatable bonds is 4. The molecule has 104 valence electrons. The summed E-state index contributed by atoms with van der Waals surface area (Å²) in [5.41, 5.74) is 6.43. The molecule has 3 nitrogen and oxygen atoms in total. The molecule has 4 heteroatoms. The second-order valence-electron chi connectivity index (χ2n) is 5.32. The van der Waals surface area contributed by atoms with Crippen LogP contribution in [0, 0.1) is 5.41 Å². The summed E-state index contributed by atoms with van der Waals surface area (Å²) in [4.78, 5) is 12.4. The van der Waals surface area contributed by atoms with Crippen LogP contribution in [-0.4, -0.2) is 12.5 Å². The van der Waals surface area contributed by atoms with E-state index in [4.69, 9.17) is 17.3 Å². The van der Waals surface area contributed by atoms with Crippen LogP contribution in [-0.2, 0) is 11.3 Å². The van der Waals surface area contributed by atoms with Crippen molar-refractivity contribution in [2.45, 2.75) is 38.6 Å². The van der Waals surface area contributed by atoms with Gasteiger partial charge in [-0.3, -0.25) is 4.79 Å². The molecule has 1 aromatic carbocycles. The zero-order chi connectivity index (χ0) is 13.7. The summed E-state index contributed by atoms with van der Waals surface area (Å²) in [6.45, 7) is 0.904. The zero-order valence-corrected chi connectivity index (χ0v) is 11.9. The third-order valence-electron chi connectivity index (χ3n) is 4.08. The van der Waals surface area contributed by atoms with E-state index in [1.807, 2.05) is 24.3 Å². The summed E-state index contributed by atoms with van der Waals surface area (Å²) in [6.07, 6.45) is 5.20. The Kier molecular flexibility index (Phi) is 4.83. The van der Waals surface area contributed by atoms with Crippen LogP contribution in [0.25, 0.3) is 0 Å².